The second-order valence-corrected chi connectivity index (χ2v) is 8.52. The van der Waals surface area contributed by atoms with Crippen molar-refractivity contribution in [2.45, 2.75) is 13.8 Å². The van der Waals surface area contributed by atoms with Gasteiger partial charge in [-0.2, -0.15) is 0 Å². The molecule has 0 spiro atoms. The van der Waals surface area contributed by atoms with E-state index < -0.39 is 5.91 Å². The molecule has 0 saturated heterocycles. The summed E-state index contributed by atoms with van der Waals surface area (Å²) in [4.78, 5) is 48.4. The average molecular weight is 509 g/mol. The van der Waals surface area contributed by atoms with Crippen molar-refractivity contribution in [3.63, 3.8) is 0 Å². The molecule has 0 bridgehead atoms. The number of amides is 2. The van der Waals surface area contributed by atoms with E-state index in [0.29, 0.717) is 34.0 Å². The van der Waals surface area contributed by atoms with Gasteiger partial charge in [-0.15, -0.1) is 0 Å². The molecule has 8 heteroatoms. The largest absolute Gasteiger partial charge is 0.508 e. The van der Waals surface area contributed by atoms with E-state index >= 15 is 0 Å². The first kappa shape index (κ1) is 25.8. The molecule has 190 valence electrons. The lowest BCUT2D eigenvalue weighted by atomic mass is 10.1. The van der Waals surface area contributed by atoms with E-state index in [1.165, 1.54) is 32.0 Å². The first-order valence-corrected chi connectivity index (χ1v) is 11.6. The molecule has 8 nitrogen and oxygen atoms in total. The Morgan fingerprint density at radius 2 is 1.16 bits per heavy atom. The van der Waals surface area contributed by atoms with Crippen LogP contribution >= 0.6 is 0 Å². The monoisotopic (exact) mass is 508 g/mol. The third kappa shape index (κ3) is 6.50. The van der Waals surface area contributed by atoms with Crippen molar-refractivity contribution in [3.8, 4) is 17.2 Å². The summed E-state index contributed by atoms with van der Waals surface area (Å²) < 4.78 is 5.88. The maximum Gasteiger partial charge on any atom is 0.255 e. The number of carbonyl (C=O) groups is 4. The fourth-order valence-corrected chi connectivity index (χ4v) is 3.61. The van der Waals surface area contributed by atoms with Crippen molar-refractivity contribution < 1.29 is 29.0 Å². The van der Waals surface area contributed by atoms with Crippen LogP contribution in [-0.4, -0.2) is 28.5 Å². The summed E-state index contributed by atoms with van der Waals surface area (Å²) >= 11 is 0. The molecule has 0 aromatic heterocycles. The number of hydrogen-bond donors (Lipinski definition) is 3. The quantitative estimate of drug-likeness (QED) is 0.248. The maximum atomic E-state index is 12.6. The number of carbonyl (C=O) groups excluding carboxylic acids is 4. The van der Waals surface area contributed by atoms with E-state index in [1.54, 1.807) is 72.8 Å². The first-order chi connectivity index (χ1) is 18.2. The molecular weight excluding hydrogens is 484 g/mol. The van der Waals surface area contributed by atoms with Crippen LogP contribution in [0.3, 0.4) is 0 Å². The van der Waals surface area contributed by atoms with Gasteiger partial charge in [0.1, 0.15) is 17.2 Å². The summed E-state index contributed by atoms with van der Waals surface area (Å²) in [6, 6.07) is 24.0. The zero-order chi connectivity index (χ0) is 27.2. The molecule has 0 saturated carbocycles. The number of benzene rings is 4. The number of anilines is 2. The lowest BCUT2D eigenvalue weighted by Crippen LogP contribution is -2.12. The molecule has 0 aliphatic heterocycles. The van der Waals surface area contributed by atoms with Gasteiger partial charge >= 0.3 is 0 Å². The zero-order valence-electron chi connectivity index (χ0n) is 20.6. The first-order valence-electron chi connectivity index (χ1n) is 11.6. The van der Waals surface area contributed by atoms with Gasteiger partial charge in [-0.3, -0.25) is 19.2 Å². The molecule has 0 aliphatic carbocycles. The van der Waals surface area contributed by atoms with Crippen LogP contribution in [0.25, 0.3) is 0 Å². The molecule has 4 rings (SSSR count). The highest BCUT2D eigenvalue weighted by Crippen LogP contribution is 2.26. The highest BCUT2D eigenvalue weighted by molar-refractivity contribution is 6.07. The number of hydrogen-bond acceptors (Lipinski definition) is 6. The highest BCUT2D eigenvalue weighted by Gasteiger charge is 2.12. The van der Waals surface area contributed by atoms with Crippen LogP contribution in [0.4, 0.5) is 11.4 Å². The second-order valence-electron chi connectivity index (χ2n) is 8.52. The topological polar surface area (TPSA) is 122 Å². The van der Waals surface area contributed by atoms with Crippen molar-refractivity contribution in [2.75, 3.05) is 10.6 Å². The van der Waals surface area contributed by atoms with Crippen LogP contribution in [0.1, 0.15) is 55.3 Å². The van der Waals surface area contributed by atoms with Crippen LogP contribution in [0.2, 0.25) is 0 Å². The average Bonchev–Trinajstić information content (AvgIpc) is 2.89. The van der Waals surface area contributed by atoms with Crippen LogP contribution < -0.4 is 15.4 Å². The van der Waals surface area contributed by atoms with Gasteiger partial charge in [-0.1, -0.05) is 18.2 Å². The number of phenolic OH excluding ortho intramolecular Hbond substituents is 1. The molecule has 0 atom stereocenters. The fourth-order valence-electron chi connectivity index (χ4n) is 3.61. The van der Waals surface area contributed by atoms with Gasteiger partial charge in [-0.25, -0.2) is 0 Å². The smallest absolute Gasteiger partial charge is 0.255 e. The minimum atomic E-state index is -0.477. The Bertz CT molecular complexity index is 1540. The lowest BCUT2D eigenvalue weighted by molar-refractivity contribution is 0.100. The third-order valence-electron chi connectivity index (χ3n) is 5.56. The molecule has 0 fully saturated rings. The van der Waals surface area contributed by atoms with Crippen LogP contribution in [0, 0.1) is 0 Å². The Morgan fingerprint density at radius 1 is 0.579 bits per heavy atom. The number of Topliss-reactive ketones (excluding diaryl/α,β-unsaturated/α-hetero) is 2. The molecule has 0 radical (unpaired) electrons. The maximum absolute atomic E-state index is 12.6. The van der Waals surface area contributed by atoms with Gasteiger partial charge in [0.05, 0.1) is 0 Å². The summed E-state index contributed by atoms with van der Waals surface area (Å²) in [5.41, 5.74) is 2.22. The molecule has 4 aromatic carbocycles. The van der Waals surface area contributed by atoms with Crippen molar-refractivity contribution >= 4 is 34.8 Å². The number of ether oxygens (including phenoxy) is 1. The number of ketones is 2. The molecule has 0 aliphatic rings. The number of aromatic hydroxyl groups is 1. The number of phenols is 1. The third-order valence-corrected chi connectivity index (χ3v) is 5.56. The van der Waals surface area contributed by atoms with E-state index in [2.05, 4.69) is 10.6 Å². The summed E-state index contributed by atoms with van der Waals surface area (Å²) in [5.74, 6) is -0.411. The van der Waals surface area contributed by atoms with Crippen LogP contribution in [-0.2, 0) is 0 Å². The second kappa shape index (κ2) is 11.2. The molecule has 4 aromatic rings. The fraction of sp³-hybridized carbons (Fsp3) is 0.0667. The normalized spacial score (nSPS) is 10.4. The van der Waals surface area contributed by atoms with Crippen molar-refractivity contribution in [2.24, 2.45) is 0 Å². The van der Waals surface area contributed by atoms with Gasteiger partial charge in [-0.05, 0) is 80.6 Å². The van der Waals surface area contributed by atoms with E-state index in [0.717, 1.165) is 0 Å². The Kier molecular flexibility index (Phi) is 7.63. The summed E-state index contributed by atoms with van der Waals surface area (Å²) in [5, 5.41) is 15.3. The number of nitrogens with one attached hydrogen (secondary N) is 2. The van der Waals surface area contributed by atoms with Gasteiger partial charge in [0.25, 0.3) is 11.8 Å². The van der Waals surface area contributed by atoms with Crippen molar-refractivity contribution in [3.05, 3.63) is 113 Å². The van der Waals surface area contributed by atoms with E-state index in [-0.39, 0.29) is 34.4 Å². The van der Waals surface area contributed by atoms with E-state index in [4.69, 9.17) is 4.74 Å². The molecular formula is C30H24N2O6. The minimum absolute atomic E-state index is 0.123. The lowest BCUT2D eigenvalue weighted by Gasteiger charge is -2.11. The van der Waals surface area contributed by atoms with Crippen LogP contribution in [0.15, 0.2) is 91.0 Å². The summed E-state index contributed by atoms with van der Waals surface area (Å²) in [6.07, 6.45) is 0. The van der Waals surface area contributed by atoms with Gasteiger partial charge in [0.2, 0.25) is 0 Å². The molecule has 0 heterocycles. The number of rotatable bonds is 8. The Labute approximate surface area is 218 Å². The SMILES string of the molecule is CC(=O)c1cccc(C(=O)Nc2cccc(Oc3ccc(NC(=O)c4cc(O)cc(C(C)=O)c4)cc3)c2)c1. The minimum Gasteiger partial charge on any atom is -0.508 e. The van der Waals surface area contributed by atoms with Gasteiger partial charge in [0.15, 0.2) is 11.6 Å². The van der Waals surface area contributed by atoms with E-state index in [9.17, 15) is 24.3 Å². The summed E-state index contributed by atoms with van der Waals surface area (Å²) in [7, 11) is 0. The standard InChI is InChI=1S/C30H24N2O6/c1-18(33)20-5-3-6-21(13-20)29(36)32-25-7-4-8-28(17-25)38-27-11-9-24(10-12-27)31-30(37)23-14-22(19(2)34)15-26(35)16-23/h3-17,35H,1-2H3,(H,31,37)(H,32,36). The highest BCUT2D eigenvalue weighted by atomic mass is 16.5. The molecule has 3 N–H and O–H groups in total. The predicted octanol–water partition coefficient (Wildman–Crippen LogP) is 6.09. The van der Waals surface area contributed by atoms with Gasteiger partial charge < -0.3 is 20.5 Å². The van der Waals surface area contributed by atoms with Gasteiger partial charge in [0, 0.05) is 39.7 Å². The molecule has 38 heavy (non-hydrogen) atoms. The van der Waals surface area contributed by atoms with Crippen molar-refractivity contribution in [1.82, 2.24) is 0 Å². The Balaban J connectivity index is 1.40. The predicted molar refractivity (Wildman–Crippen MR) is 143 cm³/mol. The Hall–Kier alpha value is -5.24. The molecule has 2 amide bonds. The van der Waals surface area contributed by atoms with Crippen molar-refractivity contribution in [1.29, 1.82) is 0 Å². The Morgan fingerprint density at radius 3 is 1.87 bits per heavy atom. The zero-order valence-corrected chi connectivity index (χ0v) is 20.6. The van der Waals surface area contributed by atoms with Crippen LogP contribution in [0.5, 0.6) is 17.2 Å². The summed E-state index contributed by atoms with van der Waals surface area (Å²) in [6.45, 7) is 2.80. The molecule has 0 unspecified atom stereocenters. The van der Waals surface area contributed by atoms with E-state index in [1.807, 2.05) is 0 Å².